The zero-order valence-corrected chi connectivity index (χ0v) is 9.82. The molecule has 4 nitrogen and oxygen atoms in total. The van der Waals surface area contributed by atoms with Crippen LogP contribution in [0.5, 0.6) is 0 Å². The van der Waals surface area contributed by atoms with Crippen LogP contribution in [0.25, 0.3) is 0 Å². The summed E-state index contributed by atoms with van der Waals surface area (Å²) < 4.78 is 0. The van der Waals surface area contributed by atoms with Gasteiger partial charge in [-0.15, -0.1) is 0 Å². The van der Waals surface area contributed by atoms with Crippen molar-refractivity contribution in [1.82, 2.24) is 5.32 Å². The van der Waals surface area contributed by atoms with Crippen molar-refractivity contribution in [2.24, 2.45) is 5.92 Å². The summed E-state index contributed by atoms with van der Waals surface area (Å²) in [5, 5.41) is 20.9. The van der Waals surface area contributed by atoms with E-state index in [1.807, 2.05) is 0 Å². The van der Waals surface area contributed by atoms with E-state index in [-0.39, 0.29) is 6.42 Å². The third-order valence-electron chi connectivity index (χ3n) is 3.24. The molecule has 4 heteroatoms. The molecule has 1 fully saturated rings. The molecule has 0 amide bonds. The SMILES string of the molecule is O=C(O)CC(O)CNCCC1CCCCC1. The van der Waals surface area contributed by atoms with Crippen LogP contribution < -0.4 is 5.32 Å². The second-order valence-electron chi connectivity index (χ2n) is 4.75. The number of aliphatic hydroxyl groups is 1. The van der Waals surface area contributed by atoms with Gasteiger partial charge in [0, 0.05) is 6.54 Å². The molecule has 0 heterocycles. The fraction of sp³-hybridized carbons (Fsp3) is 0.917. The predicted octanol–water partition coefficient (Wildman–Crippen LogP) is 1.38. The van der Waals surface area contributed by atoms with E-state index >= 15 is 0 Å². The summed E-state index contributed by atoms with van der Waals surface area (Å²) in [4.78, 5) is 10.3. The quantitative estimate of drug-likeness (QED) is 0.577. The lowest BCUT2D eigenvalue weighted by atomic mass is 9.87. The van der Waals surface area contributed by atoms with Crippen LogP contribution >= 0.6 is 0 Å². The van der Waals surface area contributed by atoms with Gasteiger partial charge in [-0.1, -0.05) is 32.1 Å². The minimum atomic E-state index is -0.943. The number of hydrogen-bond donors (Lipinski definition) is 3. The maximum absolute atomic E-state index is 10.3. The van der Waals surface area contributed by atoms with Crippen molar-refractivity contribution in [2.75, 3.05) is 13.1 Å². The minimum Gasteiger partial charge on any atom is -0.481 e. The summed E-state index contributed by atoms with van der Waals surface area (Å²) >= 11 is 0. The predicted molar refractivity (Wildman–Crippen MR) is 62.3 cm³/mol. The smallest absolute Gasteiger partial charge is 0.306 e. The molecular formula is C12H23NO3. The average Bonchev–Trinajstić information content (AvgIpc) is 2.25. The molecule has 0 bridgehead atoms. The number of carboxylic acid groups (broad SMARTS) is 1. The van der Waals surface area contributed by atoms with E-state index in [4.69, 9.17) is 5.11 Å². The molecular weight excluding hydrogens is 206 g/mol. The first kappa shape index (κ1) is 13.5. The topological polar surface area (TPSA) is 69.6 Å². The second-order valence-corrected chi connectivity index (χ2v) is 4.75. The van der Waals surface area contributed by atoms with Gasteiger partial charge in [-0.3, -0.25) is 4.79 Å². The Labute approximate surface area is 97.0 Å². The zero-order valence-electron chi connectivity index (χ0n) is 9.82. The Morgan fingerprint density at radius 3 is 2.62 bits per heavy atom. The van der Waals surface area contributed by atoms with Crippen LogP contribution in [0.15, 0.2) is 0 Å². The molecule has 0 aromatic rings. The number of aliphatic hydroxyl groups excluding tert-OH is 1. The molecule has 0 saturated heterocycles. The first-order valence-corrected chi connectivity index (χ1v) is 6.29. The summed E-state index contributed by atoms with van der Waals surface area (Å²) in [6.07, 6.45) is 6.97. The van der Waals surface area contributed by atoms with Crippen LogP contribution in [0.3, 0.4) is 0 Å². The first-order valence-electron chi connectivity index (χ1n) is 6.29. The molecule has 0 radical (unpaired) electrons. The van der Waals surface area contributed by atoms with Gasteiger partial charge in [-0.2, -0.15) is 0 Å². The normalized spacial score (nSPS) is 19.6. The standard InChI is InChI=1S/C12H23NO3/c14-11(8-12(15)16)9-13-7-6-10-4-2-1-3-5-10/h10-11,13-14H,1-9H2,(H,15,16). The average molecular weight is 229 g/mol. The molecule has 1 rings (SSSR count). The van der Waals surface area contributed by atoms with Gasteiger partial charge in [0.2, 0.25) is 0 Å². The Bertz CT molecular complexity index is 202. The number of nitrogens with one attached hydrogen (secondary N) is 1. The molecule has 0 spiro atoms. The van der Waals surface area contributed by atoms with E-state index < -0.39 is 12.1 Å². The van der Waals surface area contributed by atoms with Crippen LogP contribution in [0.2, 0.25) is 0 Å². The highest BCUT2D eigenvalue weighted by atomic mass is 16.4. The van der Waals surface area contributed by atoms with Crippen molar-refractivity contribution < 1.29 is 15.0 Å². The molecule has 0 aromatic carbocycles. The molecule has 1 aliphatic carbocycles. The fourth-order valence-corrected chi connectivity index (χ4v) is 2.32. The molecule has 16 heavy (non-hydrogen) atoms. The summed E-state index contributed by atoms with van der Waals surface area (Å²) in [6, 6.07) is 0. The van der Waals surface area contributed by atoms with Gasteiger partial charge >= 0.3 is 5.97 Å². The van der Waals surface area contributed by atoms with Crippen LogP contribution in [0.1, 0.15) is 44.9 Å². The van der Waals surface area contributed by atoms with Crippen molar-refractivity contribution in [1.29, 1.82) is 0 Å². The van der Waals surface area contributed by atoms with Gasteiger partial charge < -0.3 is 15.5 Å². The first-order chi connectivity index (χ1) is 7.68. The largest absolute Gasteiger partial charge is 0.481 e. The zero-order chi connectivity index (χ0) is 11.8. The van der Waals surface area contributed by atoms with E-state index in [9.17, 15) is 9.90 Å². The Kier molecular flexibility index (Phi) is 6.42. The van der Waals surface area contributed by atoms with E-state index in [0.717, 1.165) is 18.9 Å². The maximum atomic E-state index is 10.3. The van der Waals surface area contributed by atoms with Crippen LogP contribution in [-0.4, -0.2) is 35.4 Å². The monoisotopic (exact) mass is 229 g/mol. The number of carboxylic acids is 1. The molecule has 0 aliphatic heterocycles. The van der Waals surface area contributed by atoms with Crippen molar-refractivity contribution in [3.63, 3.8) is 0 Å². The molecule has 3 N–H and O–H groups in total. The number of rotatable bonds is 7. The second kappa shape index (κ2) is 7.63. The fourth-order valence-electron chi connectivity index (χ4n) is 2.32. The molecule has 1 unspecified atom stereocenters. The summed E-state index contributed by atoms with van der Waals surface area (Å²) in [5.74, 6) is -0.112. The number of hydrogen-bond acceptors (Lipinski definition) is 3. The Hall–Kier alpha value is -0.610. The Morgan fingerprint density at radius 1 is 1.31 bits per heavy atom. The molecule has 1 atom stereocenters. The molecule has 94 valence electrons. The minimum absolute atomic E-state index is 0.170. The molecule has 1 aliphatic rings. The molecule has 1 saturated carbocycles. The van der Waals surface area contributed by atoms with Gasteiger partial charge in [-0.25, -0.2) is 0 Å². The summed E-state index contributed by atoms with van der Waals surface area (Å²) in [7, 11) is 0. The summed E-state index contributed by atoms with van der Waals surface area (Å²) in [6.45, 7) is 1.28. The summed E-state index contributed by atoms with van der Waals surface area (Å²) in [5.41, 5.74) is 0. The van der Waals surface area contributed by atoms with Gasteiger partial charge in [-0.05, 0) is 18.9 Å². The lowest BCUT2D eigenvalue weighted by Crippen LogP contribution is -2.30. The van der Waals surface area contributed by atoms with Crippen LogP contribution in [0.4, 0.5) is 0 Å². The van der Waals surface area contributed by atoms with Crippen molar-refractivity contribution in [3.8, 4) is 0 Å². The van der Waals surface area contributed by atoms with E-state index in [1.165, 1.54) is 32.1 Å². The highest BCUT2D eigenvalue weighted by Crippen LogP contribution is 2.25. The lowest BCUT2D eigenvalue weighted by molar-refractivity contribution is -0.139. The number of aliphatic carboxylic acids is 1. The van der Waals surface area contributed by atoms with Crippen molar-refractivity contribution in [3.05, 3.63) is 0 Å². The lowest BCUT2D eigenvalue weighted by Gasteiger charge is -2.21. The number of carbonyl (C=O) groups is 1. The highest BCUT2D eigenvalue weighted by molar-refractivity contribution is 5.67. The third-order valence-corrected chi connectivity index (χ3v) is 3.24. The van der Waals surface area contributed by atoms with Crippen molar-refractivity contribution in [2.45, 2.75) is 51.0 Å². The van der Waals surface area contributed by atoms with Crippen LogP contribution in [-0.2, 0) is 4.79 Å². The third kappa shape index (κ3) is 6.08. The molecule has 0 aromatic heterocycles. The van der Waals surface area contributed by atoms with E-state index in [0.29, 0.717) is 6.54 Å². The van der Waals surface area contributed by atoms with Crippen molar-refractivity contribution >= 4 is 5.97 Å². The van der Waals surface area contributed by atoms with Gasteiger partial charge in [0.15, 0.2) is 0 Å². The highest BCUT2D eigenvalue weighted by Gasteiger charge is 2.13. The van der Waals surface area contributed by atoms with Crippen LogP contribution in [0, 0.1) is 5.92 Å². The van der Waals surface area contributed by atoms with E-state index in [1.54, 1.807) is 0 Å². The maximum Gasteiger partial charge on any atom is 0.306 e. The Morgan fingerprint density at radius 2 is 2.00 bits per heavy atom. The van der Waals surface area contributed by atoms with E-state index in [2.05, 4.69) is 5.32 Å². The Balaban J connectivity index is 1.96. The van der Waals surface area contributed by atoms with Gasteiger partial charge in [0.05, 0.1) is 12.5 Å². The van der Waals surface area contributed by atoms with Gasteiger partial charge in [0.25, 0.3) is 0 Å². The van der Waals surface area contributed by atoms with Gasteiger partial charge in [0.1, 0.15) is 0 Å².